The molecule has 3 nitrogen and oxygen atoms in total. The lowest BCUT2D eigenvalue weighted by Gasteiger charge is -2.21. The van der Waals surface area contributed by atoms with Crippen LogP contribution in [0.5, 0.6) is 0 Å². The Morgan fingerprint density at radius 1 is 1.24 bits per heavy atom. The Kier molecular flexibility index (Phi) is 5.50. The Bertz CT molecular complexity index is 510. The van der Waals surface area contributed by atoms with Gasteiger partial charge in [-0.15, -0.1) is 0 Å². The smallest absolute Gasteiger partial charge is 0.384 e. The Labute approximate surface area is 126 Å². The van der Waals surface area contributed by atoms with Gasteiger partial charge >= 0.3 is 6.18 Å². The number of nitrogens with one attached hydrogen (secondary N) is 2. The largest absolute Gasteiger partial charge is 0.418 e. The van der Waals surface area contributed by atoms with Crippen LogP contribution in [0.1, 0.15) is 32.8 Å². The van der Waals surface area contributed by atoms with Crippen LogP contribution >= 0.6 is 11.6 Å². The molecule has 0 bridgehead atoms. The first kappa shape index (κ1) is 17.6. The van der Waals surface area contributed by atoms with Crippen LogP contribution in [0, 0.1) is 0 Å². The molecule has 0 aliphatic heterocycles. The van der Waals surface area contributed by atoms with E-state index in [-0.39, 0.29) is 35.1 Å². The number of hydrogen-bond acceptors (Lipinski definition) is 2. The Morgan fingerprint density at radius 2 is 1.86 bits per heavy atom. The summed E-state index contributed by atoms with van der Waals surface area (Å²) in [7, 11) is 0. The molecule has 0 saturated heterocycles. The fraction of sp³-hybridized carbons (Fsp3) is 0.500. The highest BCUT2D eigenvalue weighted by Crippen LogP contribution is 2.36. The van der Waals surface area contributed by atoms with Crippen molar-refractivity contribution in [1.82, 2.24) is 5.32 Å². The van der Waals surface area contributed by atoms with Crippen molar-refractivity contribution < 1.29 is 18.0 Å². The van der Waals surface area contributed by atoms with Crippen molar-refractivity contribution >= 4 is 23.2 Å². The standard InChI is InChI=1S/C14H18ClF3N2O/c1-13(2,3)20-12(21)6-7-19-11-5-4-9(15)8-10(11)14(16,17)18/h4-5,8,19H,6-7H2,1-3H3,(H,20,21). The molecule has 21 heavy (non-hydrogen) atoms. The predicted octanol–water partition coefficient (Wildman–Crippen LogP) is 4.08. The average molecular weight is 323 g/mol. The van der Waals surface area contributed by atoms with E-state index < -0.39 is 11.7 Å². The number of rotatable bonds is 4. The van der Waals surface area contributed by atoms with Crippen LogP contribution in [0.15, 0.2) is 18.2 Å². The molecule has 0 aromatic heterocycles. The van der Waals surface area contributed by atoms with Crippen LogP contribution in [0.25, 0.3) is 0 Å². The van der Waals surface area contributed by atoms with Crippen LogP contribution in [-0.4, -0.2) is 18.0 Å². The average Bonchev–Trinajstić information content (AvgIpc) is 2.27. The van der Waals surface area contributed by atoms with Gasteiger partial charge in [-0.05, 0) is 39.0 Å². The Balaban J connectivity index is 2.66. The molecule has 0 saturated carbocycles. The number of hydrogen-bond donors (Lipinski definition) is 2. The molecule has 1 aromatic carbocycles. The quantitative estimate of drug-likeness (QED) is 0.877. The molecular weight excluding hydrogens is 305 g/mol. The summed E-state index contributed by atoms with van der Waals surface area (Å²) >= 11 is 5.59. The second kappa shape index (κ2) is 6.56. The lowest BCUT2D eigenvalue weighted by molar-refractivity contribution is -0.137. The molecular formula is C14H18ClF3N2O. The monoisotopic (exact) mass is 322 g/mol. The molecule has 1 rings (SSSR count). The van der Waals surface area contributed by atoms with Crippen molar-refractivity contribution in [2.75, 3.05) is 11.9 Å². The summed E-state index contributed by atoms with van der Waals surface area (Å²) in [4.78, 5) is 11.6. The number of benzene rings is 1. The van der Waals surface area contributed by atoms with Gasteiger partial charge in [-0.1, -0.05) is 11.6 Å². The van der Waals surface area contributed by atoms with E-state index in [1.54, 1.807) is 0 Å². The lowest BCUT2D eigenvalue weighted by atomic mass is 10.1. The Hall–Kier alpha value is -1.43. The zero-order chi connectivity index (χ0) is 16.3. The molecule has 7 heteroatoms. The van der Waals surface area contributed by atoms with Crippen LogP contribution in [0.4, 0.5) is 18.9 Å². The van der Waals surface area contributed by atoms with E-state index in [1.165, 1.54) is 12.1 Å². The topological polar surface area (TPSA) is 41.1 Å². The number of anilines is 1. The molecule has 0 heterocycles. The number of carbonyl (C=O) groups excluding carboxylic acids is 1. The predicted molar refractivity (Wildman–Crippen MR) is 77.5 cm³/mol. The maximum atomic E-state index is 12.9. The highest BCUT2D eigenvalue weighted by molar-refractivity contribution is 6.30. The van der Waals surface area contributed by atoms with Crippen LogP contribution in [0.2, 0.25) is 5.02 Å². The zero-order valence-corrected chi connectivity index (χ0v) is 12.8. The SMILES string of the molecule is CC(C)(C)NC(=O)CCNc1ccc(Cl)cc1C(F)(F)F. The minimum Gasteiger partial charge on any atom is -0.384 e. The van der Waals surface area contributed by atoms with Crippen molar-refractivity contribution in [3.8, 4) is 0 Å². The van der Waals surface area contributed by atoms with Gasteiger partial charge in [0.1, 0.15) is 0 Å². The summed E-state index contributed by atoms with van der Waals surface area (Å²) in [5.74, 6) is -0.225. The molecule has 2 N–H and O–H groups in total. The molecule has 0 fully saturated rings. The molecule has 1 amide bonds. The normalized spacial score (nSPS) is 12.1. The third-order valence-electron chi connectivity index (χ3n) is 2.47. The van der Waals surface area contributed by atoms with Gasteiger partial charge in [0.2, 0.25) is 5.91 Å². The fourth-order valence-corrected chi connectivity index (χ4v) is 1.87. The van der Waals surface area contributed by atoms with Crippen molar-refractivity contribution in [3.05, 3.63) is 28.8 Å². The molecule has 118 valence electrons. The van der Waals surface area contributed by atoms with E-state index in [1.807, 2.05) is 20.8 Å². The minimum absolute atomic E-state index is 0.0124. The highest BCUT2D eigenvalue weighted by Gasteiger charge is 2.33. The van der Waals surface area contributed by atoms with Crippen molar-refractivity contribution in [3.63, 3.8) is 0 Å². The fourth-order valence-electron chi connectivity index (χ4n) is 1.70. The van der Waals surface area contributed by atoms with E-state index in [0.717, 1.165) is 6.07 Å². The first-order chi connectivity index (χ1) is 9.49. The number of amides is 1. The van der Waals surface area contributed by atoms with E-state index in [0.29, 0.717) is 0 Å². The van der Waals surface area contributed by atoms with Gasteiger partial charge in [0.15, 0.2) is 0 Å². The van der Waals surface area contributed by atoms with Gasteiger partial charge in [0.25, 0.3) is 0 Å². The Morgan fingerprint density at radius 3 is 2.38 bits per heavy atom. The minimum atomic E-state index is -4.50. The molecule has 0 unspecified atom stereocenters. The third-order valence-corrected chi connectivity index (χ3v) is 2.70. The second-order valence-electron chi connectivity index (χ2n) is 5.66. The summed E-state index contributed by atoms with van der Waals surface area (Å²) in [5, 5.41) is 5.37. The van der Waals surface area contributed by atoms with Crippen LogP contribution < -0.4 is 10.6 Å². The first-order valence-electron chi connectivity index (χ1n) is 6.41. The van der Waals surface area contributed by atoms with E-state index in [2.05, 4.69) is 10.6 Å². The van der Waals surface area contributed by atoms with Crippen LogP contribution in [-0.2, 0) is 11.0 Å². The van der Waals surface area contributed by atoms with Gasteiger partial charge in [-0.2, -0.15) is 13.2 Å². The molecule has 0 spiro atoms. The van der Waals surface area contributed by atoms with Gasteiger partial charge in [-0.3, -0.25) is 4.79 Å². The molecule has 0 atom stereocenters. The van der Waals surface area contributed by atoms with Crippen molar-refractivity contribution in [2.24, 2.45) is 0 Å². The van der Waals surface area contributed by atoms with Crippen molar-refractivity contribution in [1.29, 1.82) is 0 Å². The van der Waals surface area contributed by atoms with E-state index in [4.69, 9.17) is 11.6 Å². The highest BCUT2D eigenvalue weighted by atomic mass is 35.5. The summed E-state index contributed by atoms with van der Waals surface area (Å²) < 4.78 is 38.6. The number of alkyl halides is 3. The second-order valence-corrected chi connectivity index (χ2v) is 6.10. The summed E-state index contributed by atoms with van der Waals surface area (Å²) in [6, 6.07) is 3.49. The molecule has 0 aliphatic carbocycles. The summed E-state index contributed by atoms with van der Waals surface area (Å²) in [6.07, 6.45) is -4.42. The molecule has 0 radical (unpaired) electrons. The maximum Gasteiger partial charge on any atom is 0.418 e. The zero-order valence-electron chi connectivity index (χ0n) is 12.1. The third kappa shape index (κ3) is 6.25. The molecule has 1 aromatic rings. The van der Waals surface area contributed by atoms with Gasteiger partial charge in [0, 0.05) is 29.2 Å². The van der Waals surface area contributed by atoms with Crippen LogP contribution in [0.3, 0.4) is 0 Å². The summed E-state index contributed by atoms with van der Waals surface area (Å²) in [5.41, 5.74) is -1.30. The number of halogens is 4. The van der Waals surface area contributed by atoms with Crippen molar-refractivity contribution in [2.45, 2.75) is 38.9 Å². The van der Waals surface area contributed by atoms with E-state index in [9.17, 15) is 18.0 Å². The summed E-state index contributed by atoms with van der Waals surface area (Å²) in [6.45, 7) is 5.60. The van der Waals surface area contributed by atoms with Gasteiger partial charge in [0.05, 0.1) is 5.56 Å². The number of carbonyl (C=O) groups is 1. The first-order valence-corrected chi connectivity index (χ1v) is 6.78. The lowest BCUT2D eigenvalue weighted by Crippen LogP contribution is -2.41. The van der Waals surface area contributed by atoms with Gasteiger partial charge in [-0.25, -0.2) is 0 Å². The van der Waals surface area contributed by atoms with Gasteiger partial charge < -0.3 is 10.6 Å². The van der Waals surface area contributed by atoms with E-state index >= 15 is 0 Å². The maximum absolute atomic E-state index is 12.9. The molecule has 0 aliphatic rings.